The molecule has 42 heavy (non-hydrogen) atoms. The second-order valence-corrected chi connectivity index (χ2v) is 14.3. The van der Waals surface area contributed by atoms with Crippen LogP contribution in [0.25, 0.3) is 0 Å². The quantitative estimate of drug-likeness (QED) is 0.240. The highest BCUT2D eigenvalue weighted by molar-refractivity contribution is 6.37. The van der Waals surface area contributed by atoms with Crippen molar-refractivity contribution in [2.45, 2.75) is 118 Å². The number of rotatable bonds is 13. The number of urea groups is 1. The molecule has 11 nitrogen and oxygen atoms in total. The standard InChI is InChI=1S/C31H51N5O6/c1-16(2)20-13-14-36(23(20)28(40)33-21(15-18-11-12-18)25(38)27(32)39)29(41)26(31(5,6)7)35-30(42)34-22(19-9-8-10-19)24(37)17(3)4/h16-23,26H,8-15H2,1-7H3,(H2,32,39)(H,33,40)(H2,34,35,42)/t20-,21?,22+,23+,26-/m1/s1. The molecular formula is C31H51N5O6. The maximum atomic E-state index is 14.2. The molecule has 5 N–H and O–H groups in total. The van der Waals surface area contributed by atoms with E-state index in [1.165, 1.54) is 4.90 Å². The maximum Gasteiger partial charge on any atom is 0.316 e. The van der Waals surface area contributed by atoms with Gasteiger partial charge in [-0.2, -0.15) is 0 Å². The number of Topliss-reactive ketones (excluding diaryl/α,β-unsaturated/α-hetero) is 2. The van der Waals surface area contributed by atoms with Gasteiger partial charge in [-0.3, -0.25) is 24.0 Å². The van der Waals surface area contributed by atoms with E-state index in [1.54, 1.807) is 0 Å². The first-order chi connectivity index (χ1) is 19.5. The molecule has 1 saturated heterocycles. The van der Waals surface area contributed by atoms with E-state index in [2.05, 4.69) is 16.0 Å². The molecule has 0 aromatic rings. The topological polar surface area (TPSA) is 168 Å². The fourth-order valence-electron chi connectivity index (χ4n) is 6.13. The number of carbonyl (C=O) groups excluding carboxylic acids is 6. The third-order valence-electron chi connectivity index (χ3n) is 9.17. The van der Waals surface area contributed by atoms with Crippen molar-refractivity contribution in [2.24, 2.45) is 40.7 Å². The van der Waals surface area contributed by atoms with E-state index >= 15 is 0 Å². The average Bonchev–Trinajstić information content (AvgIpc) is 3.56. The monoisotopic (exact) mass is 589 g/mol. The van der Waals surface area contributed by atoms with Crippen LogP contribution in [-0.4, -0.2) is 70.9 Å². The van der Waals surface area contributed by atoms with Gasteiger partial charge in [0.2, 0.25) is 17.6 Å². The molecule has 5 amide bonds. The van der Waals surface area contributed by atoms with Gasteiger partial charge in [-0.15, -0.1) is 0 Å². The van der Waals surface area contributed by atoms with E-state index < -0.39 is 59.1 Å². The van der Waals surface area contributed by atoms with Crippen molar-refractivity contribution in [2.75, 3.05) is 6.54 Å². The second-order valence-electron chi connectivity index (χ2n) is 14.3. The number of hydrogen-bond acceptors (Lipinski definition) is 6. The van der Waals surface area contributed by atoms with E-state index in [9.17, 15) is 28.8 Å². The van der Waals surface area contributed by atoms with Gasteiger partial charge in [-0.25, -0.2) is 4.79 Å². The van der Waals surface area contributed by atoms with Crippen molar-refractivity contribution in [3.05, 3.63) is 0 Å². The SMILES string of the molecule is CC(C)C(=O)[C@@H](NC(=O)N[C@H](C(=O)N1CC[C@H](C(C)C)[C@H]1C(=O)NC(CC1CC1)C(=O)C(N)=O)C(C)(C)C)C1CCC1. The van der Waals surface area contributed by atoms with Gasteiger partial charge in [0.15, 0.2) is 5.78 Å². The molecule has 236 valence electrons. The first-order valence-electron chi connectivity index (χ1n) is 15.6. The Kier molecular flexibility index (Phi) is 10.8. The lowest BCUT2D eigenvalue weighted by Gasteiger charge is -2.38. The summed E-state index contributed by atoms with van der Waals surface area (Å²) in [6, 6.07) is -4.09. The summed E-state index contributed by atoms with van der Waals surface area (Å²) in [5.74, 6) is -2.90. The minimum absolute atomic E-state index is 0.0317. The lowest BCUT2D eigenvalue weighted by atomic mass is 9.76. The Bertz CT molecular complexity index is 1060. The number of amides is 5. The van der Waals surface area contributed by atoms with Crippen molar-refractivity contribution < 1.29 is 28.8 Å². The summed E-state index contributed by atoms with van der Waals surface area (Å²) in [6.07, 6.45) is 5.51. The fourth-order valence-corrected chi connectivity index (χ4v) is 6.13. The molecule has 3 fully saturated rings. The summed E-state index contributed by atoms with van der Waals surface area (Å²) < 4.78 is 0. The Morgan fingerprint density at radius 3 is 1.95 bits per heavy atom. The van der Waals surface area contributed by atoms with Crippen LogP contribution >= 0.6 is 0 Å². The Hall–Kier alpha value is -2.98. The smallest absolute Gasteiger partial charge is 0.316 e. The third-order valence-corrected chi connectivity index (χ3v) is 9.17. The average molecular weight is 590 g/mol. The van der Waals surface area contributed by atoms with Crippen LogP contribution in [0.5, 0.6) is 0 Å². The lowest BCUT2D eigenvalue weighted by molar-refractivity contribution is -0.144. The van der Waals surface area contributed by atoms with Gasteiger partial charge in [0.1, 0.15) is 12.1 Å². The van der Waals surface area contributed by atoms with Crippen molar-refractivity contribution in [1.29, 1.82) is 0 Å². The lowest BCUT2D eigenvalue weighted by Crippen LogP contribution is -2.62. The molecule has 1 heterocycles. The highest BCUT2D eigenvalue weighted by Gasteiger charge is 2.48. The van der Waals surface area contributed by atoms with Crippen molar-refractivity contribution >= 4 is 35.3 Å². The largest absolute Gasteiger partial charge is 0.363 e. The van der Waals surface area contributed by atoms with Crippen LogP contribution in [0.15, 0.2) is 0 Å². The third kappa shape index (κ3) is 8.10. The summed E-state index contributed by atoms with van der Waals surface area (Å²) in [4.78, 5) is 79.8. The predicted octanol–water partition coefficient (Wildman–Crippen LogP) is 2.31. The van der Waals surface area contributed by atoms with Crippen LogP contribution in [0, 0.1) is 35.0 Å². The molecular weight excluding hydrogens is 538 g/mol. The van der Waals surface area contributed by atoms with E-state index in [0.717, 1.165) is 32.1 Å². The Balaban J connectivity index is 1.81. The van der Waals surface area contributed by atoms with Crippen LogP contribution in [0.3, 0.4) is 0 Å². The zero-order valence-electron chi connectivity index (χ0n) is 26.3. The highest BCUT2D eigenvalue weighted by Crippen LogP contribution is 2.36. The van der Waals surface area contributed by atoms with Crippen LogP contribution < -0.4 is 21.7 Å². The minimum atomic E-state index is -1.10. The van der Waals surface area contributed by atoms with Gasteiger partial charge in [0, 0.05) is 12.5 Å². The van der Waals surface area contributed by atoms with E-state index in [1.807, 2.05) is 48.5 Å². The maximum absolute atomic E-state index is 14.2. The Labute approximate surface area is 249 Å². The number of likely N-dealkylation sites (tertiary alicyclic amines) is 1. The molecule has 0 radical (unpaired) electrons. The summed E-state index contributed by atoms with van der Waals surface area (Å²) in [5, 5.41) is 8.44. The molecule has 0 spiro atoms. The minimum Gasteiger partial charge on any atom is -0.363 e. The summed E-state index contributed by atoms with van der Waals surface area (Å²) in [6.45, 7) is 13.4. The first-order valence-corrected chi connectivity index (χ1v) is 15.6. The van der Waals surface area contributed by atoms with Gasteiger partial charge in [0.25, 0.3) is 5.91 Å². The van der Waals surface area contributed by atoms with Gasteiger partial charge >= 0.3 is 6.03 Å². The van der Waals surface area contributed by atoms with Gasteiger partial charge in [-0.05, 0) is 54.8 Å². The number of nitrogens with zero attached hydrogens (tertiary/aromatic N) is 1. The summed E-state index contributed by atoms with van der Waals surface area (Å²) >= 11 is 0. The Morgan fingerprint density at radius 2 is 1.50 bits per heavy atom. The number of nitrogens with two attached hydrogens (primary N) is 1. The number of primary amides is 1. The van der Waals surface area contributed by atoms with Crippen LogP contribution in [0.1, 0.15) is 93.4 Å². The molecule has 0 aromatic carbocycles. The Morgan fingerprint density at radius 1 is 0.881 bits per heavy atom. The molecule has 0 aromatic heterocycles. The zero-order chi connectivity index (χ0) is 31.5. The van der Waals surface area contributed by atoms with Crippen molar-refractivity contribution in [1.82, 2.24) is 20.9 Å². The molecule has 5 atom stereocenters. The number of hydrogen-bond donors (Lipinski definition) is 4. The molecule has 2 saturated carbocycles. The van der Waals surface area contributed by atoms with Crippen LogP contribution in [0.4, 0.5) is 4.79 Å². The molecule has 1 unspecified atom stereocenters. The summed E-state index contributed by atoms with van der Waals surface area (Å²) in [7, 11) is 0. The predicted molar refractivity (Wildman–Crippen MR) is 158 cm³/mol. The van der Waals surface area contributed by atoms with E-state index in [4.69, 9.17) is 5.73 Å². The normalized spacial score (nSPS) is 23.1. The van der Waals surface area contributed by atoms with E-state index in [0.29, 0.717) is 19.4 Å². The number of ketones is 2. The molecule has 3 aliphatic rings. The second kappa shape index (κ2) is 13.5. The first kappa shape index (κ1) is 33.5. The van der Waals surface area contributed by atoms with Crippen LogP contribution in [-0.2, 0) is 24.0 Å². The molecule has 1 aliphatic heterocycles. The zero-order valence-corrected chi connectivity index (χ0v) is 26.3. The van der Waals surface area contributed by atoms with Crippen molar-refractivity contribution in [3.8, 4) is 0 Å². The number of nitrogens with one attached hydrogen (secondary N) is 3. The number of carbonyl (C=O) groups is 6. The van der Waals surface area contributed by atoms with Gasteiger partial charge in [0.05, 0.1) is 12.1 Å². The van der Waals surface area contributed by atoms with Crippen LogP contribution in [0.2, 0.25) is 0 Å². The molecule has 3 rings (SSSR count). The molecule has 2 aliphatic carbocycles. The van der Waals surface area contributed by atoms with E-state index in [-0.39, 0.29) is 35.4 Å². The highest BCUT2D eigenvalue weighted by atomic mass is 16.2. The van der Waals surface area contributed by atoms with Gasteiger partial charge in [-0.1, -0.05) is 67.7 Å². The van der Waals surface area contributed by atoms with Gasteiger partial charge < -0.3 is 26.6 Å². The summed E-state index contributed by atoms with van der Waals surface area (Å²) in [5.41, 5.74) is 4.56. The molecule has 11 heteroatoms. The van der Waals surface area contributed by atoms with Crippen molar-refractivity contribution in [3.63, 3.8) is 0 Å². The fraction of sp³-hybridized carbons (Fsp3) is 0.806. The molecule has 0 bridgehead atoms.